The number of nitrogens with zero attached hydrogens (tertiary/aromatic N) is 2. The molecule has 3 nitrogen and oxygen atoms in total. The van der Waals surface area contributed by atoms with Crippen LogP contribution < -0.4 is 0 Å². The summed E-state index contributed by atoms with van der Waals surface area (Å²) in [6, 6.07) is 6.64. The molecule has 1 aromatic rings. The Bertz CT molecular complexity index is 324. The summed E-state index contributed by atoms with van der Waals surface area (Å²) >= 11 is 0. The highest BCUT2D eigenvalue weighted by Crippen LogP contribution is 2.12. The zero-order chi connectivity index (χ0) is 12.7. The summed E-state index contributed by atoms with van der Waals surface area (Å²) in [6.07, 6.45) is 2.23. The van der Waals surface area contributed by atoms with Crippen molar-refractivity contribution in [2.24, 2.45) is 0 Å². The standard InChI is InChI=1S/C14H24N2O/c1-4-14(5-2)16(9-10-17)11-13-8-6-7-12(3)15-13/h6-8,14,17H,4-5,9-11H2,1-3H3. The monoisotopic (exact) mass is 236 g/mol. The van der Waals surface area contributed by atoms with Gasteiger partial charge in [0.05, 0.1) is 12.3 Å². The molecule has 0 aliphatic carbocycles. The summed E-state index contributed by atoms with van der Waals surface area (Å²) in [6.45, 7) is 8.17. The molecule has 0 unspecified atom stereocenters. The highest BCUT2D eigenvalue weighted by molar-refractivity contribution is 5.09. The zero-order valence-corrected chi connectivity index (χ0v) is 11.2. The van der Waals surface area contributed by atoms with Crippen molar-refractivity contribution < 1.29 is 5.11 Å². The summed E-state index contributed by atoms with van der Waals surface area (Å²) < 4.78 is 0. The molecule has 1 aromatic heterocycles. The van der Waals surface area contributed by atoms with Gasteiger partial charge in [0.2, 0.25) is 0 Å². The molecule has 0 bridgehead atoms. The van der Waals surface area contributed by atoms with Gasteiger partial charge < -0.3 is 5.11 Å². The Hall–Kier alpha value is -0.930. The van der Waals surface area contributed by atoms with Crippen molar-refractivity contribution in [3.8, 4) is 0 Å². The van der Waals surface area contributed by atoms with Crippen molar-refractivity contribution in [2.45, 2.75) is 46.2 Å². The van der Waals surface area contributed by atoms with Crippen molar-refractivity contribution in [3.05, 3.63) is 29.6 Å². The molecule has 0 aliphatic heterocycles. The number of hydrogen-bond acceptors (Lipinski definition) is 3. The van der Waals surface area contributed by atoms with Crippen molar-refractivity contribution in [2.75, 3.05) is 13.2 Å². The molecule has 3 heteroatoms. The third kappa shape index (κ3) is 4.44. The number of hydrogen-bond donors (Lipinski definition) is 1. The quantitative estimate of drug-likeness (QED) is 0.789. The van der Waals surface area contributed by atoms with Crippen LogP contribution in [0.1, 0.15) is 38.1 Å². The van der Waals surface area contributed by atoms with Gasteiger partial charge in [-0.25, -0.2) is 0 Å². The molecule has 0 aromatic carbocycles. The second-order valence-electron chi connectivity index (χ2n) is 4.43. The van der Waals surface area contributed by atoms with Crippen LogP contribution in [0, 0.1) is 6.92 Å². The molecule has 0 amide bonds. The van der Waals surface area contributed by atoms with Crippen LogP contribution in [0.3, 0.4) is 0 Å². The highest BCUT2D eigenvalue weighted by atomic mass is 16.3. The van der Waals surface area contributed by atoms with Crippen LogP contribution in [0.15, 0.2) is 18.2 Å². The summed E-state index contributed by atoms with van der Waals surface area (Å²) in [5.41, 5.74) is 2.14. The Morgan fingerprint density at radius 3 is 2.53 bits per heavy atom. The number of aliphatic hydroxyl groups excluding tert-OH is 1. The molecule has 1 rings (SSSR count). The van der Waals surface area contributed by atoms with Gasteiger partial charge >= 0.3 is 0 Å². The third-order valence-electron chi connectivity index (χ3n) is 3.16. The smallest absolute Gasteiger partial charge is 0.0558 e. The second kappa shape index (κ2) is 7.41. The SMILES string of the molecule is CCC(CC)N(CCO)Cc1cccc(C)n1. The van der Waals surface area contributed by atoms with Crippen molar-refractivity contribution in [1.29, 1.82) is 0 Å². The first-order chi connectivity index (χ1) is 8.21. The average molecular weight is 236 g/mol. The minimum absolute atomic E-state index is 0.211. The Kier molecular flexibility index (Phi) is 6.16. The van der Waals surface area contributed by atoms with Gasteiger partial charge in [0.25, 0.3) is 0 Å². The Morgan fingerprint density at radius 1 is 1.29 bits per heavy atom. The molecular weight excluding hydrogens is 212 g/mol. The Labute approximate surface area is 104 Å². The molecule has 0 saturated carbocycles. The molecule has 1 heterocycles. The predicted molar refractivity (Wildman–Crippen MR) is 70.8 cm³/mol. The first-order valence-electron chi connectivity index (χ1n) is 6.48. The average Bonchev–Trinajstić information content (AvgIpc) is 2.31. The summed E-state index contributed by atoms with van der Waals surface area (Å²) in [7, 11) is 0. The normalized spacial score (nSPS) is 11.4. The van der Waals surface area contributed by atoms with Gasteiger partial charge in [0, 0.05) is 24.8 Å². The summed E-state index contributed by atoms with van der Waals surface area (Å²) in [4.78, 5) is 6.84. The van der Waals surface area contributed by atoms with Gasteiger partial charge in [-0.2, -0.15) is 0 Å². The second-order valence-corrected chi connectivity index (χ2v) is 4.43. The Balaban J connectivity index is 2.71. The summed E-state index contributed by atoms with van der Waals surface area (Å²) in [5, 5.41) is 9.15. The molecule has 96 valence electrons. The van der Waals surface area contributed by atoms with Gasteiger partial charge in [-0.05, 0) is 31.9 Å². The molecule has 0 fully saturated rings. The first-order valence-corrected chi connectivity index (χ1v) is 6.48. The van der Waals surface area contributed by atoms with E-state index in [2.05, 4.69) is 29.8 Å². The lowest BCUT2D eigenvalue weighted by Gasteiger charge is -2.29. The molecule has 0 saturated heterocycles. The van der Waals surface area contributed by atoms with Crippen LogP contribution >= 0.6 is 0 Å². The van der Waals surface area contributed by atoms with E-state index in [1.54, 1.807) is 0 Å². The van der Waals surface area contributed by atoms with Crippen LogP contribution in [0.4, 0.5) is 0 Å². The highest BCUT2D eigenvalue weighted by Gasteiger charge is 2.15. The number of aromatic nitrogens is 1. The lowest BCUT2D eigenvalue weighted by atomic mass is 10.1. The van der Waals surface area contributed by atoms with Crippen LogP contribution in [0.25, 0.3) is 0 Å². The fourth-order valence-electron chi connectivity index (χ4n) is 2.22. The van der Waals surface area contributed by atoms with Gasteiger partial charge in [-0.1, -0.05) is 19.9 Å². The molecule has 0 aliphatic rings. The van der Waals surface area contributed by atoms with E-state index >= 15 is 0 Å². The zero-order valence-electron chi connectivity index (χ0n) is 11.2. The van der Waals surface area contributed by atoms with E-state index in [0.29, 0.717) is 6.04 Å². The van der Waals surface area contributed by atoms with E-state index in [1.165, 1.54) is 0 Å². The van der Waals surface area contributed by atoms with Crippen LogP contribution in [0.2, 0.25) is 0 Å². The van der Waals surface area contributed by atoms with Gasteiger partial charge in [-0.15, -0.1) is 0 Å². The minimum atomic E-state index is 0.211. The lowest BCUT2D eigenvalue weighted by Crippen LogP contribution is -2.36. The maximum atomic E-state index is 9.15. The van der Waals surface area contributed by atoms with E-state index in [4.69, 9.17) is 5.11 Å². The largest absolute Gasteiger partial charge is 0.395 e. The molecule has 17 heavy (non-hydrogen) atoms. The minimum Gasteiger partial charge on any atom is -0.395 e. The molecule has 1 N–H and O–H groups in total. The van der Waals surface area contributed by atoms with Crippen LogP contribution in [-0.4, -0.2) is 34.2 Å². The molecule has 0 radical (unpaired) electrons. The van der Waals surface area contributed by atoms with Gasteiger partial charge in [0.15, 0.2) is 0 Å². The maximum absolute atomic E-state index is 9.15. The van der Waals surface area contributed by atoms with Gasteiger partial charge in [-0.3, -0.25) is 9.88 Å². The van der Waals surface area contributed by atoms with E-state index in [9.17, 15) is 0 Å². The van der Waals surface area contributed by atoms with Gasteiger partial charge in [0.1, 0.15) is 0 Å². The van der Waals surface area contributed by atoms with Crippen molar-refractivity contribution >= 4 is 0 Å². The van der Waals surface area contributed by atoms with Crippen LogP contribution in [-0.2, 0) is 6.54 Å². The number of rotatable bonds is 7. The first kappa shape index (κ1) is 14.1. The van der Waals surface area contributed by atoms with E-state index in [0.717, 1.165) is 37.3 Å². The van der Waals surface area contributed by atoms with E-state index < -0.39 is 0 Å². The van der Waals surface area contributed by atoms with Crippen LogP contribution in [0.5, 0.6) is 0 Å². The number of aliphatic hydroxyl groups is 1. The number of pyridine rings is 1. The number of aryl methyl sites for hydroxylation is 1. The topological polar surface area (TPSA) is 36.4 Å². The van der Waals surface area contributed by atoms with Crippen molar-refractivity contribution in [3.63, 3.8) is 0 Å². The lowest BCUT2D eigenvalue weighted by molar-refractivity contribution is 0.135. The van der Waals surface area contributed by atoms with E-state index in [1.807, 2.05) is 19.1 Å². The fraction of sp³-hybridized carbons (Fsp3) is 0.643. The third-order valence-corrected chi connectivity index (χ3v) is 3.16. The maximum Gasteiger partial charge on any atom is 0.0558 e. The van der Waals surface area contributed by atoms with E-state index in [-0.39, 0.29) is 6.61 Å². The molecule has 0 atom stereocenters. The Morgan fingerprint density at radius 2 is 2.00 bits per heavy atom. The molecular formula is C14H24N2O. The predicted octanol–water partition coefficient (Wildman–Crippen LogP) is 2.37. The summed E-state index contributed by atoms with van der Waals surface area (Å²) in [5.74, 6) is 0. The van der Waals surface area contributed by atoms with Crippen molar-refractivity contribution in [1.82, 2.24) is 9.88 Å². The molecule has 0 spiro atoms. The fourth-order valence-corrected chi connectivity index (χ4v) is 2.22.